The number of nitrogens with zero attached hydrogens (tertiary/aromatic N) is 1. The van der Waals surface area contributed by atoms with Crippen LogP contribution in [0.4, 0.5) is 5.69 Å². The van der Waals surface area contributed by atoms with Crippen LogP contribution in [0.5, 0.6) is 5.75 Å². The van der Waals surface area contributed by atoms with Gasteiger partial charge in [-0.2, -0.15) is 0 Å². The Morgan fingerprint density at radius 1 is 1.00 bits per heavy atom. The van der Waals surface area contributed by atoms with Crippen molar-refractivity contribution in [1.82, 2.24) is 10.6 Å². The van der Waals surface area contributed by atoms with Crippen LogP contribution in [-0.4, -0.2) is 50.0 Å². The summed E-state index contributed by atoms with van der Waals surface area (Å²) in [5, 5.41) is 7.44. The molecule has 1 aromatic heterocycles. The first-order valence-corrected chi connectivity index (χ1v) is 13.3. The van der Waals surface area contributed by atoms with Crippen LogP contribution in [0.15, 0.2) is 66.0 Å². The van der Waals surface area contributed by atoms with E-state index >= 15 is 0 Å². The minimum atomic E-state index is -1.15. The molecule has 0 aliphatic carbocycles. The molecule has 0 fully saturated rings. The minimum Gasteiger partial charge on any atom is -0.497 e. The Balaban J connectivity index is 2.12. The highest BCUT2D eigenvalue weighted by atomic mass is 32.1. The van der Waals surface area contributed by atoms with Crippen LogP contribution in [0.3, 0.4) is 0 Å². The van der Waals surface area contributed by atoms with Crippen LogP contribution in [0.25, 0.3) is 0 Å². The van der Waals surface area contributed by atoms with Crippen molar-refractivity contribution < 1.29 is 28.7 Å². The Morgan fingerprint density at radius 2 is 1.74 bits per heavy atom. The molecule has 3 rings (SSSR count). The number of benzene rings is 2. The number of hydrogen-bond acceptors (Lipinski definition) is 7. The number of methoxy groups -OCH3 is 2. The number of amides is 3. The van der Waals surface area contributed by atoms with E-state index in [1.165, 1.54) is 36.5 Å². The lowest BCUT2D eigenvalue weighted by Gasteiger charge is -2.35. The summed E-state index contributed by atoms with van der Waals surface area (Å²) in [4.78, 5) is 54.4. The molecule has 0 aliphatic rings. The maximum absolute atomic E-state index is 13.9. The quantitative estimate of drug-likeness (QED) is 0.343. The standard InChI is InChI=1S/C29H33N3O6S/c1-6-29(2,3)31-27(35)25(19-10-8-13-22(17-19)37-4)32(21-12-7-11-20(16-21)28(36)38-5)24(33)18-30-26(34)23-14-9-15-39-23/h7-17,25H,6,18H2,1-5H3,(H,30,34)(H,31,35)/t25-/m0/s1. The van der Waals surface area contributed by atoms with Crippen LogP contribution < -0.4 is 20.3 Å². The molecule has 1 atom stereocenters. The summed E-state index contributed by atoms with van der Waals surface area (Å²) < 4.78 is 10.2. The molecule has 10 heteroatoms. The van der Waals surface area contributed by atoms with Crippen LogP contribution in [-0.2, 0) is 14.3 Å². The van der Waals surface area contributed by atoms with Gasteiger partial charge in [0.2, 0.25) is 11.8 Å². The van der Waals surface area contributed by atoms with E-state index in [4.69, 9.17) is 9.47 Å². The maximum Gasteiger partial charge on any atom is 0.337 e. The molecule has 0 radical (unpaired) electrons. The van der Waals surface area contributed by atoms with Crippen LogP contribution in [0.1, 0.15) is 58.8 Å². The molecule has 0 bridgehead atoms. The van der Waals surface area contributed by atoms with Crippen molar-refractivity contribution in [3.8, 4) is 5.75 Å². The van der Waals surface area contributed by atoms with E-state index in [1.54, 1.807) is 60.0 Å². The van der Waals surface area contributed by atoms with Crippen LogP contribution in [0, 0.1) is 0 Å². The van der Waals surface area contributed by atoms with Gasteiger partial charge in [0.05, 0.1) is 31.2 Å². The smallest absolute Gasteiger partial charge is 0.337 e. The van der Waals surface area contributed by atoms with Gasteiger partial charge in [-0.3, -0.25) is 19.3 Å². The van der Waals surface area contributed by atoms with Gasteiger partial charge in [0.15, 0.2) is 0 Å². The van der Waals surface area contributed by atoms with Crippen molar-refractivity contribution >= 4 is 40.7 Å². The van der Waals surface area contributed by atoms with Gasteiger partial charge in [-0.1, -0.05) is 31.2 Å². The van der Waals surface area contributed by atoms with Gasteiger partial charge in [-0.25, -0.2) is 4.79 Å². The highest BCUT2D eigenvalue weighted by Gasteiger charge is 2.35. The molecule has 0 saturated heterocycles. The van der Waals surface area contributed by atoms with Crippen molar-refractivity contribution in [3.63, 3.8) is 0 Å². The normalized spacial score (nSPS) is 11.7. The van der Waals surface area contributed by atoms with E-state index in [2.05, 4.69) is 10.6 Å². The second-order valence-corrected chi connectivity index (χ2v) is 10.3. The number of anilines is 1. The Hall–Kier alpha value is -4.18. The van der Waals surface area contributed by atoms with Crippen molar-refractivity contribution in [2.24, 2.45) is 0 Å². The van der Waals surface area contributed by atoms with Crippen molar-refractivity contribution in [2.75, 3.05) is 25.7 Å². The first-order chi connectivity index (χ1) is 18.6. The molecule has 39 heavy (non-hydrogen) atoms. The fourth-order valence-corrected chi connectivity index (χ4v) is 4.43. The Bertz CT molecular complexity index is 1320. The number of hydrogen-bond donors (Lipinski definition) is 2. The zero-order valence-electron chi connectivity index (χ0n) is 22.6. The van der Waals surface area contributed by atoms with Crippen LogP contribution in [0.2, 0.25) is 0 Å². The van der Waals surface area contributed by atoms with Gasteiger partial charge >= 0.3 is 5.97 Å². The zero-order valence-corrected chi connectivity index (χ0v) is 23.5. The number of ether oxygens (including phenoxy) is 2. The molecule has 2 aromatic carbocycles. The average molecular weight is 552 g/mol. The summed E-state index contributed by atoms with van der Waals surface area (Å²) in [5.41, 5.74) is 0.407. The van der Waals surface area contributed by atoms with Crippen molar-refractivity contribution in [1.29, 1.82) is 0 Å². The monoisotopic (exact) mass is 551 g/mol. The highest BCUT2D eigenvalue weighted by Crippen LogP contribution is 2.31. The molecule has 3 aromatic rings. The minimum absolute atomic E-state index is 0.203. The molecule has 206 valence electrons. The summed E-state index contributed by atoms with van der Waals surface area (Å²) in [7, 11) is 2.77. The first-order valence-electron chi connectivity index (χ1n) is 12.4. The highest BCUT2D eigenvalue weighted by molar-refractivity contribution is 7.12. The van der Waals surface area contributed by atoms with E-state index in [9.17, 15) is 19.2 Å². The fraction of sp³-hybridized carbons (Fsp3) is 0.310. The van der Waals surface area contributed by atoms with Gasteiger partial charge in [-0.15, -0.1) is 11.3 Å². The van der Waals surface area contributed by atoms with E-state index in [0.29, 0.717) is 22.6 Å². The number of rotatable bonds is 11. The number of thiophene rings is 1. The van der Waals surface area contributed by atoms with Gasteiger partial charge in [0.25, 0.3) is 5.91 Å². The molecule has 0 saturated carbocycles. The zero-order chi connectivity index (χ0) is 28.6. The summed E-state index contributed by atoms with van der Waals surface area (Å²) in [6.45, 7) is 5.34. The lowest BCUT2D eigenvalue weighted by Crippen LogP contribution is -2.52. The predicted octanol–water partition coefficient (Wildman–Crippen LogP) is 4.35. The summed E-state index contributed by atoms with van der Waals surface area (Å²) in [6, 6.07) is 15.4. The predicted molar refractivity (Wildman–Crippen MR) is 150 cm³/mol. The van der Waals surface area contributed by atoms with Gasteiger partial charge < -0.3 is 20.1 Å². The Kier molecular flexibility index (Phi) is 9.84. The lowest BCUT2D eigenvalue weighted by molar-refractivity contribution is -0.127. The second-order valence-electron chi connectivity index (χ2n) is 9.37. The molecule has 2 N–H and O–H groups in total. The number of nitrogens with one attached hydrogen (secondary N) is 2. The summed E-state index contributed by atoms with van der Waals surface area (Å²) in [6.07, 6.45) is 0.645. The van der Waals surface area contributed by atoms with E-state index in [1.807, 2.05) is 20.8 Å². The third-order valence-electron chi connectivity index (χ3n) is 6.22. The largest absolute Gasteiger partial charge is 0.497 e. The Morgan fingerprint density at radius 3 is 2.38 bits per heavy atom. The molecular weight excluding hydrogens is 518 g/mol. The summed E-state index contributed by atoms with van der Waals surface area (Å²) >= 11 is 1.25. The SMILES string of the molecule is CCC(C)(C)NC(=O)[C@H](c1cccc(OC)c1)N(C(=O)CNC(=O)c1cccs1)c1cccc(C(=O)OC)c1. The van der Waals surface area contributed by atoms with Gasteiger partial charge in [0, 0.05) is 11.2 Å². The molecule has 0 unspecified atom stereocenters. The second kappa shape index (κ2) is 13.1. The number of esters is 1. The van der Waals surface area contributed by atoms with Gasteiger partial charge in [-0.05, 0) is 67.6 Å². The number of carbonyl (C=O) groups is 4. The molecule has 1 heterocycles. The first kappa shape index (κ1) is 29.4. The third kappa shape index (κ3) is 7.44. The van der Waals surface area contributed by atoms with E-state index in [0.717, 1.165) is 0 Å². The third-order valence-corrected chi connectivity index (χ3v) is 7.09. The fourth-order valence-electron chi connectivity index (χ4n) is 3.79. The maximum atomic E-state index is 13.9. The van der Waals surface area contributed by atoms with Gasteiger partial charge in [0.1, 0.15) is 11.8 Å². The Labute approximate surface area is 232 Å². The van der Waals surface area contributed by atoms with Crippen molar-refractivity contribution in [3.05, 3.63) is 82.0 Å². The molecule has 3 amide bonds. The molecule has 9 nitrogen and oxygen atoms in total. The average Bonchev–Trinajstić information content (AvgIpc) is 3.49. The molecule has 0 spiro atoms. The van der Waals surface area contributed by atoms with Crippen molar-refractivity contribution in [2.45, 2.75) is 38.8 Å². The van der Waals surface area contributed by atoms with Crippen LogP contribution >= 0.6 is 11.3 Å². The van der Waals surface area contributed by atoms with E-state index in [-0.39, 0.29) is 17.8 Å². The lowest BCUT2D eigenvalue weighted by atomic mass is 9.98. The topological polar surface area (TPSA) is 114 Å². The molecule has 0 aliphatic heterocycles. The summed E-state index contributed by atoms with van der Waals surface area (Å²) in [5.74, 6) is -1.49. The molecular formula is C29H33N3O6S. The van der Waals surface area contributed by atoms with E-state index < -0.39 is 35.3 Å². The number of carbonyl (C=O) groups excluding carboxylic acids is 4.